The Hall–Kier alpha value is -3.17. The smallest absolute Gasteiger partial charge is 0.338 e. The van der Waals surface area contributed by atoms with Crippen LogP contribution in [0.3, 0.4) is 0 Å². The Morgan fingerprint density at radius 1 is 1.15 bits per heavy atom. The van der Waals surface area contributed by atoms with Gasteiger partial charge in [0, 0.05) is 4.47 Å². The summed E-state index contributed by atoms with van der Waals surface area (Å²) in [6.07, 6.45) is 1.79. The number of hydrogen-bond acceptors (Lipinski definition) is 7. The Bertz CT molecular complexity index is 1450. The van der Waals surface area contributed by atoms with Gasteiger partial charge in [-0.25, -0.2) is 9.79 Å². The molecule has 3 aromatic rings. The van der Waals surface area contributed by atoms with Gasteiger partial charge in [-0.2, -0.15) is 0 Å². The van der Waals surface area contributed by atoms with Gasteiger partial charge in [0.1, 0.15) is 0 Å². The van der Waals surface area contributed by atoms with E-state index in [-0.39, 0.29) is 12.2 Å². The average molecular weight is 543 g/mol. The quantitative estimate of drug-likeness (QED) is 0.445. The highest BCUT2D eigenvalue weighted by Gasteiger charge is 2.33. The number of halogens is 1. The van der Waals surface area contributed by atoms with Crippen molar-refractivity contribution in [2.75, 3.05) is 20.8 Å². The second-order valence-corrected chi connectivity index (χ2v) is 9.39. The topological polar surface area (TPSA) is 79.1 Å². The van der Waals surface area contributed by atoms with Crippen LogP contribution in [0.4, 0.5) is 0 Å². The van der Waals surface area contributed by atoms with E-state index >= 15 is 0 Å². The van der Waals surface area contributed by atoms with E-state index in [9.17, 15) is 9.59 Å². The van der Waals surface area contributed by atoms with E-state index < -0.39 is 12.0 Å². The maximum absolute atomic E-state index is 13.6. The fourth-order valence-electron chi connectivity index (χ4n) is 3.85. The molecule has 9 heteroatoms. The normalized spacial score (nSPS) is 15.6. The van der Waals surface area contributed by atoms with Gasteiger partial charge in [0.15, 0.2) is 16.3 Å². The lowest BCUT2D eigenvalue weighted by molar-refractivity contribution is -0.139. The van der Waals surface area contributed by atoms with E-state index in [4.69, 9.17) is 14.2 Å². The molecule has 0 radical (unpaired) electrons. The van der Waals surface area contributed by atoms with Gasteiger partial charge < -0.3 is 14.2 Å². The Labute approximate surface area is 208 Å². The number of methoxy groups -OCH3 is 2. The van der Waals surface area contributed by atoms with Gasteiger partial charge in [0.2, 0.25) is 0 Å². The van der Waals surface area contributed by atoms with Crippen LogP contribution in [0, 0.1) is 0 Å². The van der Waals surface area contributed by atoms with Crippen LogP contribution in [0.15, 0.2) is 68.0 Å². The molecule has 0 bridgehead atoms. The highest BCUT2D eigenvalue weighted by Crippen LogP contribution is 2.31. The number of benzene rings is 2. The molecule has 1 unspecified atom stereocenters. The van der Waals surface area contributed by atoms with Crippen LogP contribution < -0.4 is 24.4 Å². The molecule has 0 spiro atoms. The summed E-state index contributed by atoms with van der Waals surface area (Å²) in [7, 11) is 3.13. The number of esters is 1. The number of carbonyl (C=O) groups is 1. The number of aromatic nitrogens is 1. The number of nitrogens with zero attached hydrogens (tertiary/aromatic N) is 2. The minimum absolute atomic E-state index is 0.229. The highest BCUT2D eigenvalue weighted by molar-refractivity contribution is 9.10. The van der Waals surface area contributed by atoms with Gasteiger partial charge in [0.25, 0.3) is 5.56 Å². The number of ether oxygens (including phenoxy) is 3. The zero-order valence-electron chi connectivity index (χ0n) is 19.1. The molecule has 2 aromatic carbocycles. The first-order valence-corrected chi connectivity index (χ1v) is 12.2. The van der Waals surface area contributed by atoms with Crippen molar-refractivity contribution in [2.45, 2.75) is 19.9 Å². The third-order valence-electron chi connectivity index (χ3n) is 5.41. The number of allylic oxidation sites excluding steroid dienone is 1. The molecular weight excluding hydrogens is 520 g/mol. The lowest BCUT2D eigenvalue weighted by atomic mass is 9.96. The van der Waals surface area contributed by atoms with Crippen molar-refractivity contribution >= 4 is 39.3 Å². The van der Waals surface area contributed by atoms with E-state index in [2.05, 4.69) is 20.9 Å². The molecule has 1 aliphatic rings. The standard InChI is InChI=1S/C25H23BrN2O5S/c1-5-33-24(30)21-14(2)27-25-28(22(21)16-7-9-17(26)10-8-16)23(29)20(34-25)13-15-6-11-18(31-3)19(12-15)32-4/h6-13,22H,5H2,1-4H3. The van der Waals surface area contributed by atoms with Crippen LogP contribution in [0.5, 0.6) is 11.5 Å². The number of hydrogen-bond donors (Lipinski definition) is 0. The molecule has 7 nitrogen and oxygen atoms in total. The second-order valence-electron chi connectivity index (χ2n) is 7.47. The van der Waals surface area contributed by atoms with Crippen molar-refractivity contribution < 1.29 is 19.0 Å². The summed E-state index contributed by atoms with van der Waals surface area (Å²) in [4.78, 5) is 31.7. The zero-order chi connectivity index (χ0) is 24.4. The fraction of sp³-hybridized carbons (Fsp3) is 0.240. The van der Waals surface area contributed by atoms with E-state index in [1.807, 2.05) is 30.3 Å². The van der Waals surface area contributed by atoms with Crippen molar-refractivity contribution in [2.24, 2.45) is 4.99 Å². The lowest BCUT2D eigenvalue weighted by Crippen LogP contribution is -2.39. The third-order valence-corrected chi connectivity index (χ3v) is 6.92. The van der Waals surface area contributed by atoms with Crippen molar-refractivity contribution in [3.8, 4) is 11.5 Å². The number of rotatable bonds is 6. The molecule has 1 atom stereocenters. The predicted octanol–water partition coefficient (Wildman–Crippen LogP) is 3.58. The van der Waals surface area contributed by atoms with Crippen LogP contribution in [0.25, 0.3) is 6.08 Å². The Morgan fingerprint density at radius 3 is 2.50 bits per heavy atom. The summed E-state index contributed by atoms with van der Waals surface area (Å²) in [6.45, 7) is 3.75. The molecule has 34 heavy (non-hydrogen) atoms. The molecule has 0 fully saturated rings. The van der Waals surface area contributed by atoms with E-state index in [0.717, 1.165) is 15.6 Å². The van der Waals surface area contributed by atoms with Crippen LogP contribution in [0.2, 0.25) is 0 Å². The summed E-state index contributed by atoms with van der Waals surface area (Å²) in [6, 6.07) is 12.3. The molecule has 4 rings (SSSR count). The molecule has 0 aliphatic carbocycles. The van der Waals surface area contributed by atoms with Gasteiger partial charge in [-0.3, -0.25) is 9.36 Å². The van der Waals surface area contributed by atoms with Crippen molar-refractivity contribution in [3.05, 3.63) is 89.0 Å². The van der Waals surface area contributed by atoms with E-state index in [1.165, 1.54) is 11.3 Å². The molecule has 0 saturated carbocycles. The average Bonchev–Trinajstić information content (AvgIpc) is 3.13. The fourth-order valence-corrected chi connectivity index (χ4v) is 5.16. The van der Waals surface area contributed by atoms with Gasteiger partial charge in [0.05, 0.1) is 42.7 Å². The zero-order valence-corrected chi connectivity index (χ0v) is 21.5. The van der Waals surface area contributed by atoms with E-state index in [1.54, 1.807) is 50.8 Å². The number of thiazole rings is 1. The summed E-state index contributed by atoms with van der Waals surface area (Å²) in [5.74, 6) is 0.689. The molecule has 1 aromatic heterocycles. The monoisotopic (exact) mass is 542 g/mol. The highest BCUT2D eigenvalue weighted by atomic mass is 79.9. The number of fused-ring (bicyclic) bond motifs is 1. The Morgan fingerprint density at radius 2 is 1.85 bits per heavy atom. The molecule has 0 saturated heterocycles. The van der Waals surface area contributed by atoms with Gasteiger partial charge in [-0.1, -0.05) is 45.5 Å². The third kappa shape index (κ3) is 4.45. The summed E-state index contributed by atoms with van der Waals surface area (Å²) < 4.78 is 19.0. The maximum atomic E-state index is 13.6. The minimum atomic E-state index is -0.643. The molecular formula is C25H23BrN2O5S. The van der Waals surface area contributed by atoms with Gasteiger partial charge in [-0.05, 0) is 55.3 Å². The minimum Gasteiger partial charge on any atom is -0.493 e. The van der Waals surface area contributed by atoms with Gasteiger partial charge in [-0.15, -0.1) is 0 Å². The predicted molar refractivity (Wildman–Crippen MR) is 134 cm³/mol. The van der Waals surface area contributed by atoms with Gasteiger partial charge >= 0.3 is 5.97 Å². The van der Waals surface area contributed by atoms with Crippen molar-refractivity contribution in [1.82, 2.24) is 4.57 Å². The van der Waals surface area contributed by atoms with Crippen LogP contribution in [-0.2, 0) is 9.53 Å². The van der Waals surface area contributed by atoms with Crippen LogP contribution >= 0.6 is 27.3 Å². The van der Waals surface area contributed by atoms with Crippen molar-refractivity contribution in [1.29, 1.82) is 0 Å². The van der Waals surface area contributed by atoms with Crippen LogP contribution in [-0.4, -0.2) is 31.4 Å². The Balaban J connectivity index is 1.92. The number of carbonyl (C=O) groups excluding carboxylic acids is 1. The summed E-state index contributed by atoms with van der Waals surface area (Å²) in [5, 5.41) is 0. The Kier molecular flexibility index (Phi) is 7.04. The molecule has 0 amide bonds. The van der Waals surface area contributed by atoms with E-state index in [0.29, 0.717) is 32.1 Å². The lowest BCUT2D eigenvalue weighted by Gasteiger charge is -2.24. The first kappa shape index (κ1) is 24.0. The summed E-state index contributed by atoms with van der Waals surface area (Å²) >= 11 is 4.72. The van der Waals surface area contributed by atoms with Crippen molar-refractivity contribution in [3.63, 3.8) is 0 Å². The summed E-state index contributed by atoms with van der Waals surface area (Å²) in [5.41, 5.74) is 2.23. The second kappa shape index (κ2) is 9.99. The molecule has 2 heterocycles. The van der Waals surface area contributed by atoms with Crippen LogP contribution in [0.1, 0.15) is 31.0 Å². The first-order valence-electron chi connectivity index (χ1n) is 10.5. The molecule has 0 N–H and O–H groups in total. The first-order chi connectivity index (χ1) is 16.4. The SMILES string of the molecule is CCOC(=O)C1=C(C)N=c2sc(=Cc3ccc(OC)c(OC)c3)c(=O)n2C1c1ccc(Br)cc1. The molecule has 1 aliphatic heterocycles. The maximum Gasteiger partial charge on any atom is 0.338 e. The largest absolute Gasteiger partial charge is 0.493 e. The molecule has 176 valence electrons.